The molecule has 5 atom stereocenters. The van der Waals surface area contributed by atoms with Gasteiger partial charge in [-0.25, -0.2) is 0 Å². The Labute approximate surface area is 311 Å². The van der Waals surface area contributed by atoms with Crippen LogP contribution in [0.3, 0.4) is 0 Å². The van der Waals surface area contributed by atoms with E-state index in [9.17, 15) is 28.8 Å². The van der Waals surface area contributed by atoms with Gasteiger partial charge in [0.15, 0.2) is 5.78 Å². The highest BCUT2D eigenvalue weighted by Gasteiger charge is 2.85. The fourth-order valence-corrected chi connectivity index (χ4v) is 11.4. The summed E-state index contributed by atoms with van der Waals surface area (Å²) in [6.07, 6.45) is 9.54. The lowest BCUT2D eigenvalue weighted by Gasteiger charge is -2.41. The molecule has 3 spiro atoms. The van der Waals surface area contributed by atoms with Gasteiger partial charge < -0.3 is 15.5 Å². The maximum atomic E-state index is 15.0. The zero-order chi connectivity index (χ0) is 38.2. The molecule has 2 N–H and O–H groups in total. The summed E-state index contributed by atoms with van der Waals surface area (Å²) in [5, 5.41) is 0. The Hall–Kier alpha value is -2.62. The third kappa shape index (κ3) is 6.48. The molecule has 10 heteroatoms. The number of nitrogens with two attached hydrogens (primary N) is 1. The van der Waals surface area contributed by atoms with E-state index in [0.717, 1.165) is 57.9 Å². The lowest BCUT2D eigenvalue weighted by Crippen LogP contribution is -2.56. The number of rotatable bonds is 14. The number of hydrogen-bond acceptors (Lipinski definition) is 7. The number of hydrogen-bond donors (Lipinski definition) is 1. The highest BCUT2D eigenvalue weighted by molar-refractivity contribution is 6.36. The molecule has 2 saturated heterocycles. The summed E-state index contributed by atoms with van der Waals surface area (Å²) in [6.45, 7) is 17.1. The molecule has 0 aromatic rings. The van der Waals surface area contributed by atoms with Crippen molar-refractivity contribution in [3.05, 3.63) is 0 Å². The van der Waals surface area contributed by atoms with E-state index in [1.165, 1.54) is 0 Å². The van der Waals surface area contributed by atoms with Crippen LogP contribution in [-0.2, 0) is 28.8 Å². The number of amides is 3. The first-order valence-electron chi connectivity index (χ1n) is 20.4. The Morgan fingerprint density at radius 1 is 0.827 bits per heavy atom. The molecule has 290 valence electrons. The number of likely N-dealkylation sites (N-methyl/N-ethyl adjacent to an activating group) is 1. The number of Topliss-reactive ketones (excluding diaryl/α,β-unsaturated/α-hetero) is 3. The lowest BCUT2D eigenvalue weighted by molar-refractivity contribution is -0.147. The van der Waals surface area contributed by atoms with Crippen LogP contribution >= 0.6 is 0 Å². The van der Waals surface area contributed by atoms with Gasteiger partial charge in [-0.05, 0) is 73.7 Å². The third-order valence-corrected chi connectivity index (χ3v) is 15.9. The topological polar surface area (TPSA) is 138 Å². The minimum Gasteiger partial charge on any atom is -0.363 e. The molecule has 1 unspecified atom stereocenters. The van der Waals surface area contributed by atoms with Crippen LogP contribution in [0.25, 0.3) is 0 Å². The van der Waals surface area contributed by atoms with Crippen LogP contribution in [0, 0.1) is 51.2 Å². The monoisotopic (exact) mass is 722 g/mol. The number of likely N-dealkylation sites (tertiary alicyclic amines) is 1. The van der Waals surface area contributed by atoms with Crippen LogP contribution in [-0.4, -0.2) is 94.6 Å². The summed E-state index contributed by atoms with van der Waals surface area (Å²) in [4.78, 5) is 88.6. The standard InChI is InChI=1S/C42H66N4O6/c1-26(2)30(36(51)45-18-17-44(8)40(24-45)15-16-40)21-29(47)22-31(38(3,4)5)37(52)46-25-42(39(6,7)41(42)13-10-14-41)23-32(46)33(48)20-28(34(49)35(43)50)19-27-11-9-12-27/h26-28,30-32H,9-25H2,1-8H3,(H2,43,50)/t28?,30-,31+,32-,42+/m0/s1. The summed E-state index contributed by atoms with van der Waals surface area (Å²) in [5.74, 6) is -3.73. The predicted molar refractivity (Wildman–Crippen MR) is 199 cm³/mol. The molecule has 2 heterocycles. The highest BCUT2D eigenvalue weighted by atomic mass is 16.2. The third-order valence-electron chi connectivity index (χ3n) is 15.9. The van der Waals surface area contributed by atoms with Gasteiger partial charge in [0.1, 0.15) is 5.78 Å². The fraction of sp³-hybridized carbons (Fsp3) is 0.857. The molecule has 6 aliphatic rings. The Morgan fingerprint density at radius 3 is 1.96 bits per heavy atom. The van der Waals surface area contributed by atoms with Crippen LogP contribution in [0.15, 0.2) is 0 Å². The van der Waals surface area contributed by atoms with Crippen molar-refractivity contribution in [3.63, 3.8) is 0 Å². The normalized spacial score (nSPS) is 29.1. The van der Waals surface area contributed by atoms with Gasteiger partial charge in [0, 0.05) is 74.1 Å². The average Bonchev–Trinajstić information content (AvgIpc) is 3.80. The molecule has 0 bridgehead atoms. The van der Waals surface area contributed by atoms with Gasteiger partial charge in [-0.3, -0.25) is 33.7 Å². The van der Waals surface area contributed by atoms with E-state index in [0.29, 0.717) is 38.4 Å². The molecule has 0 radical (unpaired) electrons. The Balaban J connectivity index is 1.22. The first-order chi connectivity index (χ1) is 24.2. The van der Waals surface area contributed by atoms with E-state index in [1.54, 1.807) is 4.90 Å². The van der Waals surface area contributed by atoms with E-state index in [4.69, 9.17) is 5.73 Å². The van der Waals surface area contributed by atoms with Crippen molar-refractivity contribution in [2.75, 3.05) is 33.2 Å². The van der Waals surface area contributed by atoms with Crippen LogP contribution < -0.4 is 5.73 Å². The zero-order valence-electron chi connectivity index (χ0n) is 33.4. The number of fused-ring (bicyclic) bond motifs is 1. The molecule has 2 aliphatic heterocycles. The number of primary amides is 1. The van der Waals surface area contributed by atoms with Gasteiger partial charge in [-0.2, -0.15) is 0 Å². The highest BCUT2D eigenvalue weighted by Crippen LogP contribution is 2.88. The average molecular weight is 723 g/mol. The van der Waals surface area contributed by atoms with Gasteiger partial charge in [0.2, 0.25) is 17.6 Å². The Kier molecular flexibility index (Phi) is 10.2. The van der Waals surface area contributed by atoms with Crippen molar-refractivity contribution in [3.8, 4) is 0 Å². The van der Waals surface area contributed by atoms with Crippen molar-refractivity contribution in [1.82, 2.24) is 14.7 Å². The molecule has 4 aliphatic carbocycles. The SMILES string of the molecule is CC(C)[C@H](CC(=O)C[C@H](C(=O)N1C[C@]2(C[C@H]1C(=O)CC(CC1CCC1)C(=O)C(N)=O)C(C)(C)C21CCC1)C(C)(C)C)C(=O)N1CCN(C)C2(CC2)C1. The van der Waals surface area contributed by atoms with E-state index in [2.05, 4.69) is 25.8 Å². The molecule has 0 aromatic heterocycles. The van der Waals surface area contributed by atoms with Gasteiger partial charge in [0.05, 0.1) is 6.04 Å². The Morgan fingerprint density at radius 2 is 1.48 bits per heavy atom. The van der Waals surface area contributed by atoms with Crippen molar-refractivity contribution in [2.45, 2.75) is 144 Å². The number of carbonyl (C=O) groups excluding carboxylic acids is 6. The molecule has 3 amide bonds. The van der Waals surface area contributed by atoms with Crippen LogP contribution in [0.4, 0.5) is 0 Å². The quantitative estimate of drug-likeness (QED) is 0.244. The van der Waals surface area contributed by atoms with Gasteiger partial charge in [0.25, 0.3) is 5.91 Å². The second kappa shape index (κ2) is 13.6. The van der Waals surface area contributed by atoms with Gasteiger partial charge in [-0.1, -0.05) is 74.1 Å². The molecule has 6 rings (SSSR count). The van der Waals surface area contributed by atoms with Crippen LogP contribution in [0.1, 0.15) is 132 Å². The second-order valence-electron chi connectivity index (χ2n) is 20.1. The van der Waals surface area contributed by atoms with E-state index in [1.807, 2.05) is 39.5 Å². The van der Waals surface area contributed by atoms with Gasteiger partial charge in [-0.15, -0.1) is 0 Å². The number of ketones is 3. The largest absolute Gasteiger partial charge is 0.363 e. The molecule has 52 heavy (non-hydrogen) atoms. The number of nitrogens with zero attached hydrogens (tertiary/aromatic N) is 3. The molecule has 4 saturated carbocycles. The first kappa shape index (κ1) is 39.1. The summed E-state index contributed by atoms with van der Waals surface area (Å²) in [6, 6.07) is -0.715. The van der Waals surface area contributed by atoms with Crippen LogP contribution in [0.2, 0.25) is 0 Å². The van der Waals surface area contributed by atoms with E-state index < -0.39 is 40.9 Å². The van der Waals surface area contributed by atoms with Crippen molar-refractivity contribution < 1.29 is 28.8 Å². The van der Waals surface area contributed by atoms with E-state index >= 15 is 0 Å². The summed E-state index contributed by atoms with van der Waals surface area (Å²) in [5.41, 5.74) is 4.82. The molecule has 6 fully saturated rings. The minimum absolute atomic E-state index is 0.00885. The summed E-state index contributed by atoms with van der Waals surface area (Å²) in [7, 11) is 2.13. The summed E-state index contributed by atoms with van der Waals surface area (Å²) < 4.78 is 0. The Bertz CT molecular complexity index is 1480. The number of piperazine rings is 1. The maximum Gasteiger partial charge on any atom is 0.285 e. The van der Waals surface area contributed by atoms with E-state index in [-0.39, 0.29) is 70.3 Å². The zero-order valence-corrected chi connectivity index (χ0v) is 33.4. The fourth-order valence-electron chi connectivity index (χ4n) is 11.4. The molecular weight excluding hydrogens is 656 g/mol. The molecule has 0 aromatic carbocycles. The second-order valence-corrected chi connectivity index (χ2v) is 20.1. The lowest BCUT2D eigenvalue weighted by atomic mass is 9.73. The van der Waals surface area contributed by atoms with Crippen LogP contribution in [0.5, 0.6) is 0 Å². The maximum absolute atomic E-state index is 15.0. The molecule has 10 nitrogen and oxygen atoms in total. The first-order valence-corrected chi connectivity index (χ1v) is 20.4. The predicted octanol–water partition coefficient (Wildman–Crippen LogP) is 5.19. The van der Waals surface area contributed by atoms with Crippen molar-refractivity contribution in [1.29, 1.82) is 0 Å². The van der Waals surface area contributed by atoms with Crippen molar-refractivity contribution in [2.24, 2.45) is 57.0 Å². The summed E-state index contributed by atoms with van der Waals surface area (Å²) >= 11 is 0. The van der Waals surface area contributed by atoms with Crippen molar-refractivity contribution >= 4 is 35.1 Å². The number of carbonyl (C=O) groups is 6. The minimum atomic E-state index is -1.01. The van der Waals surface area contributed by atoms with Gasteiger partial charge >= 0.3 is 0 Å². The molecular formula is C42H66N4O6. The smallest absolute Gasteiger partial charge is 0.285 e.